The van der Waals surface area contributed by atoms with E-state index in [1.165, 1.54) is 19.1 Å². The number of nitrogens with zero attached hydrogens (tertiary/aromatic N) is 3. The summed E-state index contributed by atoms with van der Waals surface area (Å²) in [7, 11) is 4.49. The molecule has 0 radical (unpaired) electrons. The maximum atomic E-state index is 13.4. The first-order chi connectivity index (χ1) is 16.3. The quantitative estimate of drug-likeness (QED) is 0.602. The summed E-state index contributed by atoms with van der Waals surface area (Å²) in [5, 5.41) is 0. The van der Waals surface area contributed by atoms with Crippen molar-refractivity contribution in [3.63, 3.8) is 0 Å². The van der Waals surface area contributed by atoms with Crippen molar-refractivity contribution in [3.8, 4) is 11.5 Å². The minimum Gasteiger partial charge on any atom is -0.497 e. The normalized spacial score (nSPS) is 20.7. The van der Waals surface area contributed by atoms with Crippen molar-refractivity contribution >= 4 is 29.3 Å². The molecule has 4 amide bonds. The summed E-state index contributed by atoms with van der Waals surface area (Å²) in [6, 6.07) is 14.1. The van der Waals surface area contributed by atoms with Crippen LogP contribution in [0.25, 0.3) is 0 Å². The Bertz CT molecular complexity index is 1150. The molecule has 178 valence electrons. The standard InChI is InChI=1S/C25H27N3O6/c1-26-21(29)14-25(24(26)32,17-6-4-8-19(12-17)33-2)15-22(30)27-10-11-28(23(31)16-27)18-7-5-9-20(13-18)34-3/h4-9,12-13H,10-11,14-16H2,1-3H3. The lowest BCUT2D eigenvalue weighted by Crippen LogP contribution is -2.53. The molecule has 2 saturated heterocycles. The summed E-state index contributed by atoms with van der Waals surface area (Å²) >= 11 is 0. The fourth-order valence-electron chi connectivity index (χ4n) is 4.58. The lowest BCUT2D eigenvalue weighted by Gasteiger charge is -2.36. The number of benzene rings is 2. The number of rotatable bonds is 6. The van der Waals surface area contributed by atoms with Gasteiger partial charge >= 0.3 is 0 Å². The number of carbonyl (C=O) groups excluding carboxylic acids is 4. The minimum absolute atomic E-state index is 0.109. The highest BCUT2D eigenvalue weighted by atomic mass is 16.5. The van der Waals surface area contributed by atoms with E-state index in [1.807, 2.05) is 6.07 Å². The van der Waals surface area contributed by atoms with E-state index in [0.717, 1.165) is 4.90 Å². The van der Waals surface area contributed by atoms with Crippen LogP contribution >= 0.6 is 0 Å². The van der Waals surface area contributed by atoms with Crippen LogP contribution in [0.3, 0.4) is 0 Å². The lowest BCUT2D eigenvalue weighted by atomic mass is 9.75. The van der Waals surface area contributed by atoms with Crippen molar-refractivity contribution < 1.29 is 28.7 Å². The number of likely N-dealkylation sites (tertiary alicyclic amines) is 1. The van der Waals surface area contributed by atoms with Crippen molar-refractivity contribution in [2.45, 2.75) is 18.3 Å². The number of hydrogen-bond donors (Lipinski definition) is 0. The number of carbonyl (C=O) groups is 4. The van der Waals surface area contributed by atoms with Gasteiger partial charge in [-0.05, 0) is 29.8 Å². The third kappa shape index (κ3) is 4.09. The molecule has 0 aliphatic carbocycles. The molecule has 1 atom stereocenters. The second kappa shape index (κ2) is 9.17. The van der Waals surface area contributed by atoms with Crippen molar-refractivity contribution in [1.82, 2.24) is 9.80 Å². The Hall–Kier alpha value is -3.88. The first-order valence-electron chi connectivity index (χ1n) is 11.0. The number of imide groups is 1. The number of anilines is 1. The molecule has 1 unspecified atom stereocenters. The minimum atomic E-state index is -1.33. The van der Waals surface area contributed by atoms with Gasteiger partial charge in [0.1, 0.15) is 18.0 Å². The van der Waals surface area contributed by atoms with Gasteiger partial charge in [0.15, 0.2) is 0 Å². The molecule has 0 bridgehead atoms. The van der Waals surface area contributed by atoms with E-state index in [1.54, 1.807) is 54.5 Å². The number of ether oxygens (including phenoxy) is 2. The van der Waals surface area contributed by atoms with Crippen LogP contribution in [0.4, 0.5) is 5.69 Å². The third-order valence-corrected chi connectivity index (χ3v) is 6.55. The zero-order valence-corrected chi connectivity index (χ0v) is 19.4. The highest BCUT2D eigenvalue weighted by Gasteiger charge is 2.53. The van der Waals surface area contributed by atoms with Gasteiger partial charge in [-0.1, -0.05) is 18.2 Å². The van der Waals surface area contributed by atoms with Gasteiger partial charge in [-0.3, -0.25) is 24.1 Å². The maximum Gasteiger partial charge on any atom is 0.246 e. The van der Waals surface area contributed by atoms with Crippen molar-refractivity contribution in [1.29, 1.82) is 0 Å². The molecule has 0 N–H and O–H groups in total. The summed E-state index contributed by atoms with van der Waals surface area (Å²) < 4.78 is 10.5. The maximum absolute atomic E-state index is 13.4. The van der Waals surface area contributed by atoms with Crippen LogP contribution in [0, 0.1) is 0 Å². The van der Waals surface area contributed by atoms with Crippen LogP contribution in [0.15, 0.2) is 48.5 Å². The van der Waals surface area contributed by atoms with Gasteiger partial charge in [0.2, 0.25) is 23.6 Å². The van der Waals surface area contributed by atoms with E-state index in [4.69, 9.17) is 9.47 Å². The Morgan fingerprint density at radius 2 is 1.62 bits per heavy atom. The second-order valence-corrected chi connectivity index (χ2v) is 8.49. The Morgan fingerprint density at radius 1 is 0.941 bits per heavy atom. The van der Waals surface area contributed by atoms with Gasteiger partial charge < -0.3 is 19.3 Å². The van der Waals surface area contributed by atoms with E-state index in [-0.39, 0.29) is 37.1 Å². The predicted molar refractivity (Wildman–Crippen MR) is 124 cm³/mol. The molecule has 0 aromatic heterocycles. The highest BCUT2D eigenvalue weighted by molar-refractivity contribution is 6.10. The molecule has 9 nitrogen and oxygen atoms in total. The fourth-order valence-corrected chi connectivity index (χ4v) is 4.58. The van der Waals surface area contributed by atoms with Crippen molar-refractivity contribution in [2.75, 3.05) is 45.8 Å². The zero-order valence-electron chi connectivity index (χ0n) is 19.4. The monoisotopic (exact) mass is 465 g/mol. The molecule has 2 fully saturated rings. The molecular formula is C25H27N3O6. The van der Waals surface area contributed by atoms with Crippen LogP contribution in [0.2, 0.25) is 0 Å². The lowest BCUT2D eigenvalue weighted by molar-refractivity contribution is -0.142. The fraction of sp³-hybridized carbons (Fsp3) is 0.360. The summed E-state index contributed by atoms with van der Waals surface area (Å²) in [6.07, 6.45) is -0.319. The number of likely N-dealkylation sites (N-methyl/N-ethyl adjacent to an activating group) is 1. The molecule has 0 saturated carbocycles. The molecule has 2 aliphatic rings. The predicted octanol–water partition coefficient (Wildman–Crippen LogP) is 1.60. The number of piperazine rings is 1. The molecule has 9 heteroatoms. The summed E-state index contributed by atoms with van der Waals surface area (Å²) in [4.78, 5) is 56.1. The molecule has 2 aromatic rings. The average Bonchev–Trinajstić information content (AvgIpc) is 3.08. The SMILES string of the molecule is COc1cccc(N2CCN(C(=O)CC3(c4cccc(OC)c4)CC(=O)N(C)C3=O)CC2=O)c1. The molecule has 2 aliphatic heterocycles. The van der Waals surface area contributed by atoms with E-state index in [2.05, 4.69) is 0 Å². The smallest absolute Gasteiger partial charge is 0.246 e. The van der Waals surface area contributed by atoms with Gasteiger partial charge in [0, 0.05) is 44.7 Å². The first kappa shape index (κ1) is 23.3. The first-order valence-corrected chi connectivity index (χ1v) is 11.0. The van der Waals surface area contributed by atoms with Crippen LogP contribution in [0.5, 0.6) is 11.5 Å². The molecular weight excluding hydrogens is 438 g/mol. The zero-order chi connectivity index (χ0) is 24.5. The van der Waals surface area contributed by atoms with Gasteiger partial charge in [0.05, 0.1) is 19.6 Å². The topological polar surface area (TPSA) is 96.5 Å². The Kier molecular flexibility index (Phi) is 6.28. The van der Waals surface area contributed by atoms with Gasteiger partial charge in [-0.25, -0.2) is 0 Å². The summed E-state index contributed by atoms with van der Waals surface area (Å²) in [5.74, 6) is -0.189. The van der Waals surface area contributed by atoms with Gasteiger partial charge in [-0.2, -0.15) is 0 Å². The van der Waals surface area contributed by atoms with E-state index in [9.17, 15) is 19.2 Å². The summed E-state index contributed by atoms with van der Waals surface area (Å²) in [6.45, 7) is 0.521. The van der Waals surface area contributed by atoms with Crippen LogP contribution in [0.1, 0.15) is 18.4 Å². The van der Waals surface area contributed by atoms with E-state index < -0.39 is 11.3 Å². The number of amides is 4. The van der Waals surface area contributed by atoms with Crippen LogP contribution in [-0.4, -0.2) is 74.3 Å². The largest absolute Gasteiger partial charge is 0.497 e. The second-order valence-electron chi connectivity index (χ2n) is 8.49. The molecule has 2 heterocycles. The molecule has 4 rings (SSSR count). The molecule has 2 aromatic carbocycles. The number of hydrogen-bond acceptors (Lipinski definition) is 6. The Morgan fingerprint density at radius 3 is 2.24 bits per heavy atom. The molecule has 34 heavy (non-hydrogen) atoms. The average molecular weight is 466 g/mol. The Balaban J connectivity index is 1.55. The van der Waals surface area contributed by atoms with E-state index >= 15 is 0 Å². The van der Waals surface area contributed by atoms with Gasteiger partial charge in [0.25, 0.3) is 0 Å². The summed E-state index contributed by atoms with van der Waals surface area (Å²) in [5.41, 5.74) is -0.0866. The number of methoxy groups -OCH3 is 2. The Labute approximate surface area is 197 Å². The van der Waals surface area contributed by atoms with Crippen LogP contribution in [-0.2, 0) is 24.6 Å². The van der Waals surface area contributed by atoms with Gasteiger partial charge in [-0.15, -0.1) is 0 Å². The van der Waals surface area contributed by atoms with Crippen LogP contribution < -0.4 is 14.4 Å². The van der Waals surface area contributed by atoms with E-state index in [0.29, 0.717) is 35.8 Å². The van der Waals surface area contributed by atoms with Crippen molar-refractivity contribution in [2.24, 2.45) is 0 Å². The molecule has 0 spiro atoms. The third-order valence-electron chi connectivity index (χ3n) is 6.55. The highest BCUT2D eigenvalue weighted by Crippen LogP contribution is 2.41. The van der Waals surface area contributed by atoms with Crippen molar-refractivity contribution in [3.05, 3.63) is 54.1 Å².